The number of hydrogen-bond acceptors (Lipinski definition) is 16. The first-order chi connectivity index (χ1) is 43.8. The molecule has 0 saturated carbocycles. The summed E-state index contributed by atoms with van der Waals surface area (Å²) in [4.78, 5) is 74.5. The van der Waals surface area contributed by atoms with Crippen LogP contribution < -0.4 is 33.6 Å². The van der Waals surface area contributed by atoms with Gasteiger partial charge in [0, 0.05) is 138 Å². The van der Waals surface area contributed by atoms with Gasteiger partial charge in [0.2, 0.25) is 0 Å². The molecule has 0 fully saturated rings. The molecule has 12 rings (SSSR count). The van der Waals surface area contributed by atoms with E-state index in [-0.39, 0.29) is 37.2 Å². The first-order valence-corrected chi connectivity index (χ1v) is 29.6. The number of nitrogens with one attached hydrogen (secondary N) is 2. The van der Waals surface area contributed by atoms with Gasteiger partial charge in [0.15, 0.2) is 0 Å². The number of pyridine rings is 9. The number of carbonyl (C=O) groups excluding carboxylic acids is 2. The minimum absolute atomic E-state index is 0. The summed E-state index contributed by atoms with van der Waals surface area (Å²) in [5.41, 5.74) is 37.1. The quantitative estimate of drug-likeness (QED) is 0.0532. The Labute approximate surface area is 558 Å². The minimum Gasteiger partial charge on any atom is -0.478 e. The first-order valence-electron chi connectivity index (χ1n) is 28.4. The van der Waals surface area contributed by atoms with E-state index in [4.69, 9.17) is 62.8 Å². The molecule has 93 heavy (non-hydrogen) atoms. The number of anilines is 3. The maximum absolute atomic E-state index is 12.6. The number of aromatic nitrogens is 9. The molecule has 0 radical (unpaired) electrons. The number of amides is 2. The summed E-state index contributed by atoms with van der Waals surface area (Å²) in [5, 5.41) is 19.5. The van der Waals surface area contributed by atoms with Crippen molar-refractivity contribution in [2.24, 2.45) is 5.73 Å². The molecule has 0 bridgehead atoms. The van der Waals surface area contributed by atoms with Crippen LogP contribution in [0, 0.1) is 20.8 Å². The summed E-state index contributed by atoms with van der Waals surface area (Å²) in [7, 11) is 0. The second kappa shape index (κ2) is 33.2. The number of carbonyl (C=O) groups is 3. The third kappa shape index (κ3) is 20.1. The number of carboxylic acid groups (broad SMARTS) is 1. The van der Waals surface area contributed by atoms with Crippen LogP contribution in [-0.4, -0.2) is 67.7 Å². The topological polar surface area (TPSA) is 316 Å². The van der Waals surface area contributed by atoms with Crippen molar-refractivity contribution >= 4 is 115 Å². The molecule has 0 unspecified atom stereocenters. The molecule has 23 heteroatoms. The van der Waals surface area contributed by atoms with Crippen molar-refractivity contribution in [2.75, 3.05) is 17.2 Å². The molecule has 0 aliphatic carbocycles. The standard InChI is InChI=1S/2C23H20ClN5O.C16H11ClN2O2.C7H11N3.CH4.ClH/c2*1-14-17(3-5-22(25)29-14)12-28-23(30)16-6-7-26-20(11-16)9-15-2-4-21-18(8-15)10-19(24)13-27-21;17-13-7-12-5-10(1-2-15(12)19-9-13)6-14-8-11(16(20)21)3-4-18-14;1-5-6(4-8)2-3-7(9)10-5;;/h2*2-8,10-11,13H,9,12H2,1H3,(H2,25,29)(H,28,30);1-5,7-9H,6H2,(H,20,21);2-3H,4,8H2,1H3,(H2,9,10);1H4;1H. The lowest BCUT2D eigenvalue weighted by Gasteiger charge is -2.09. The van der Waals surface area contributed by atoms with Crippen molar-refractivity contribution in [2.45, 2.75) is 67.1 Å². The maximum Gasteiger partial charge on any atom is 0.335 e. The Morgan fingerprint density at radius 3 is 1.08 bits per heavy atom. The lowest BCUT2D eigenvalue weighted by molar-refractivity contribution is 0.0696. The van der Waals surface area contributed by atoms with Crippen molar-refractivity contribution in [1.82, 2.24) is 55.5 Å². The van der Waals surface area contributed by atoms with Gasteiger partial charge >= 0.3 is 5.97 Å². The fraction of sp³-hybridized carbons (Fsp3) is 0.143. The number of fused-ring (bicyclic) bond motifs is 3. The van der Waals surface area contributed by atoms with Crippen LogP contribution >= 0.6 is 47.2 Å². The number of halogens is 4. The third-order valence-electron chi connectivity index (χ3n) is 14.3. The maximum atomic E-state index is 12.6. The predicted molar refractivity (Wildman–Crippen MR) is 373 cm³/mol. The Morgan fingerprint density at radius 2 is 0.753 bits per heavy atom. The average molecular weight is 1320 g/mol. The zero-order chi connectivity index (χ0) is 64.6. The lowest BCUT2D eigenvalue weighted by Crippen LogP contribution is -2.23. The van der Waals surface area contributed by atoms with Crippen LogP contribution in [0.15, 0.2) is 183 Å². The van der Waals surface area contributed by atoms with Crippen molar-refractivity contribution in [1.29, 1.82) is 0 Å². The highest BCUT2D eigenvalue weighted by atomic mass is 35.5. The van der Waals surface area contributed by atoms with E-state index >= 15 is 0 Å². The monoisotopic (exact) mass is 1320 g/mol. The molecule has 12 aromatic rings. The molecule has 11 N–H and O–H groups in total. The van der Waals surface area contributed by atoms with Gasteiger partial charge in [0.1, 0.15) is 17.5 Å². The van der Waals surface area contributed by atoms with Crippen LogP contribution in [0.2, 0.25) is 15.1 Å². The number of nitrogens with zero attached hydrogens (tertiary/aromatic N) is 9. The van der Waals surface area contributed by atoms with Gasteiger partial charge in [-0.3, -0.25) is 39.5 Å². The number of benzene rings is 3. The van der Waals surface area contributed by atoms with Crippen LogP contribution in [0.25, 0.3) is 32.7 Å². The van der Waals surface area contributed by atoms with Crippen LogP contribution in [-0.2, 0) is 38.9 Å². The molecule has 0 atom stereocenters. The highest BCUT2D eigenvalue weighted by Gasteiger charge is 2.13. The van der Waals surface area contributed by atoms with Crippen LogP contribution in [0.3, 0.4) is 0 Å². The Hall–Kier alpha value is -10.3. The highest BCUT2D eigenvalue weighted by molar-refractivity contribution is 6.31. The Balaban J connectivity index is 0.000000184. The molecule has 0 aliphatic rings. The number of nitrogen functional groups attached to an aromatic ring is 3. The van der Waals surface area contributed by atoms with Crippen LogP contribution in [0.4, 0.5) is 17.5 Å². The number of carboxylic acids is 1. The molecule has 0 aliphatic heterocycles. The highest BCUT2D eigenvalue weighted by Crippen LogP contribution is 2.24. The first kappa shape index (κ1) is 70.2. The zero-order valence-electron chi connectivity index (χ0n) is 50.1. The Bertz CT molecular complexity index is 4440. The zero-order valence-corrected chi connectivity index (χ0v) is 53.2. The molecule has 9 heterocycles. The van der Waals surface area contributed by atoms with E-state index in [1.807, 2.05) is 124 Å². The fourth-order valence-corrected chi connectivity index (χ4v) is 10.0. The van der Waals surface area contributed by atoms with E-state index in [0.717, 1.165) is 94.6 Å². The van der Waals surface area contributed by atoms with Crippen LogP contribution in [0.1, 0.15) is 106 Å². The summed E-state index contributed by atoms with van der Waals surface area (Å²) in [6.07, 6.45) is 11.5. The SMILES string of the molecule is C.Cc1nc(N)ccc1CN.Cc1nc(N)ccc1CNC(=O)c1ccnc(Cc2ccc3ncc(Cl)cc3c2)c1.Cc1nc(N)ccc1CNC(=O)c1ccnc(Cc2ccc3ncc(Cl)cc3c2)c1.Cl.O=C(O)c1ccnc(Cc2ccc3ncc(Cl)cc3c2)c1. The van der Waals surface area contributed by atoms with Crippen molar-refractivity contribution in [3.8, 4) is 0 Å². The fourth-order valence-electron chi connectivity index (χ4n) is 9.53. The van der Waals surface area contributed by atoms with E-state index in [1.165, 1.54) is 12.3 Å². The van der Waals surface area contributed by atoms with E-state index in [9.17, 15) is 14.4 Å². The van der Waals surface area contributed by atoms with Gasteiger partial charge < -0.3 is 38.7 Å². The minimum atomic E-state index is -0.951. The number of aromatic carboxylic acids is 1. The van der Waals surface area contributed by atoms with Gasteiger partial charge in [-0.25, -0.2) is 19.7 Å². The molecule has 9 aromatic heterocycles. The van der Waals surface area contributed by atoms with Gasteiger partial charge in [-0.2, -0.15) is 0 Å². The molecule has 474 valence electrons. The smallest absolute Gasteiger partial charge is 0.335 e. The lowest BCUT2D eigenvalue weighted by atomic mass is 10.0. The molecule has 0 spiro atoms. The van der Waals surface area contributed by atoms with Crippen molar-refractivity contribution in [3.63, 3.8) is 0 Å². The van der Waals surface area contributed by atoms with E-state index in [1.54, 1.807) is 67.4 Å². The van der Waals surface area contributed by atoms with Gasteiger partial charge in [0.25, 0.3) is 11.8 Å². The van der Waals surface area contributed by atoms with Crippen LogP contribution in [0.5, 0.6) is 0 Å². The second-order valence-corrected chi connectivity index (χ2v) is 22.3. The van der Waals surface area contributed by atoms with Gasteiger partial charge in [0.05, 0.1) is 37.2 Å². The summed E-state index contributed by atoms with van der Waals surface area (Å²) in [6.45, 7) is 6.93. The Morgan fingerprint density at radius 1 is 0.430 bits per heavy atom. The second-order valence-electron chi connectivity index (χ2n) is 21.0. The van der Waals surface area contributed by atoms with E-state index in [2.05, 4.69) is 55.5 Å². The van der Waals surface area contributed by atoms with E-state index in [0.29, 0.717) is 88.2 Å². The van der Waals surface area contributed by atoms with Crippen molar-refractivity contribution < 1.29 is 19.5 Å². The third-order valence-corrected chi connectivity index (χ3v) is 14.9. The predicted octanol–water partition coefficient (Wildman–Crippen LogP) is 13.2. The number of rotatable bonds is 14. The molecular weight excluding hydrogens is 1260 g/mol. The summed E-state index contributed by atoms with van der Waals surface area (Å²) in [6, 6.07) is 44.5. The van der Waals surface area contributed by atoms with E-state index < -0.39 is 5.97 Å². The Kier molecular flexibility index (Phi) is 25.0. The normalized spacial score (nSPS) is 10.5. The molecular formula is C70H67Cl4N15O4. The molecule has 0 saturated heterocycles. The van der Waals surface area contributed by atoms with Gasteiger partial charge in [-0.15, -0.1) is 12.4 Å². The summed E-state index contributed by atoms with van der Waals surface area (Å²) >= 11 is 18.0. The molecule has 2 amide bonds. The molecule has 19 nitrogen and oxygen atoms in total. The summed E-state index contributed by atoms with van der Waals surface area (Å²) < 4.78 is 0. The number of hydrogen-bond donors (Lipinski definition) is 7. The van der Waals surface area contributed by atoms with Gasteiger partial charge in [-0.1, -0.05) is 78.6 Å². The number of aryl methyl sites for hydroxylation is 3. The van der Waals surface area contributed by atoms with Crippen molar-refractivity contribution in [3.05, 3.63) is 282 Å². The summed E-state index contributed by atoms with van der Waals surface area (Å²) in [5.74, 6) is 0.206. The number of nitrogens with two attached hydrogens (primary N) is 4. The average Bonchev–Trinajstić information content (AvgIpc) is 1.15. The molecule has 3 aromatic carbocycles. The van der Waals surface area contributed by atoms with Gasteiger partial charge in [-0.05, 0) is 163 Å². The largest absolute Gasteiger partial charge is 0.478 e.